The van der Waals surface area contributed by atoms with Crippen LogP contribution in [0.2, 0.25) is 0 Å². The topological polar surface area (TPSA) is 3.24 Å². The Morgan fingerprint density at radius 2 is 1.77 bits per heavy atom. The van der Waals surface area contributed by atoms with Gasteiger partial charge >= 0.3 is 0 Å². The van der Waals surface area contributed by atoms with Crippen LogP contribution in [0.3, 0.4) is 0 Å². The molecule has 0 aromatic heterocycles. The largest absolute Gasteiger partial charge is 0.304 e. The summed E-state index contributed by atoms with van der Waals surface area (Å²) in [5, 5.41) is 0. The van der Waals surface area contributed by atoms with Gasteiger partial charge in [0.15, 0.2) is 0 Å². The Morgan fingerprint density at radius 1 is 1.23 bits per heavy atom. The van der Waals surface area contributed by atoms with Gasteiger partial charge in [0.05, 0.1) is 0 Å². The number of rotatable bonds is 6. The zero-order chi connectivity index (χ0) is 10.4. The van der Waals surface area contributed by atoms with Crippen molar-refractivity contribution in [3.05, 3.63) is 12.2 Å². The Hall–Kier alpha value is -0.300. The second-order valence-corrected chi connectivity index (χ2v) is 4.67. The molecule has 0 aliphatic rings. The molecule has 0 rings (SSSR count). The van der Waals surface area contributed by atoms with Crippen LogP contribution < -0.4 is 0 Å². The summed E-state index contributed by atoms with van der Waals surface area (Å²) in [6.07, 6.45) is 2.32. The van der Waals surface area contributed by atoms with E-state index < -0.39 is 0 Å². The maximum atomic E-state index is 4.10. The molecule has 0 saturated heterocycles. The molecule has 0 aliphatic carbocycles. The monoisotopic (exact) mass is 183 g/mol. The van der Waals surface area contributed by atoms with Gasteiger partial charge in [0.25, 0.3) is 0 Å². The van der Waals surface area contributed by atoms with Gasteiger partial charge in [0.2, 0.25) is 0 Å². The van der Waals surface area contributed by atoms with Gasteiger partial charge in [-0.3, -0.25) is 0 Å². The summed E-state index contributed by atoms with van der Waals surface area (Å²) in [5.41, 5.74) is 1.39. The van der Waals surface area contributed by atoms with E-state index in [1.165, 1.54) is 12.0 Å². The van der Waals surface area contributed by atoms with E-state index >= 15 is 0 Å². The maximum Gasteiger partial charge on any atom is 0.00356 e. The lowest BCUT2D eigenvalue weighted by Gasteiger charge is -2.21. The van der Waals surface area contributed by atoms with Gasteiger partial charge in [-0.15, -0.1) is 0 Å². The summed E-state index contributed by atoms with van der Waals surface area (Å²) in [6, 6.07) is 0.645. The molecule has 0 atom stereocenters. The molecule has 0 radical (unpaired) electrons. The zero-order valence-electron chi connectivity index (χ0n) is 9.93. The van der Waals surface area contributed by atoms with E-state index in [-0.39, 0.29) is 0 Å². The molecular weight excluding hydrogens is 158 g/mol. The molecule has 0 saturated carbocycles. The van der Waals surface area contributed by atoms with Crippen LogP contribution in [0.25, 0.3) is 0 Å². The molecule has 13 heavy (non-hydrogen) atoms. The van der Waals surface area contributed by atoms with Gasteiger partial charge in [-0.25, -0.2) is 0 Å². The molecule has 0 unspecified atom stereocenters. The SMILES string of the molecule is C=C(CCN(C)C(C)C)CC(C)C. The quantitative estimate of drug-likeness (QED) is 0.571. The van der Waals surface area contributed by atoms with E-state index in [1.807, 2.05) is 0 Å². The summed E-state index contributed by atoms with van der Waals surface area (Å²) in [7, 11) is 2.17. The van der Waals surface area contributed by atoms with Crippen LogP contribution in [0.5, 0.6) is 0 Å². The van der Waals surface area contributed by atoms with Crippen molar-refractivity contribution in [2.45, 2.75) is 46.6 Å². The minimum Gasteiger partial charge on any atom is -0.304 e. The molecule has 0 N–H and O–H groups in total. The van der Waals surface area contributed by atoms with Gasteiger partial charge in [-0.2, -0.15) is 0 Å². The van der Waals surface area contributed by atoms with Gasteiger partial charge in [-0.05, 0) is 39.7 Å². The van der Waals surface area contributed by atoms with Crippen LogP contribution in [0.4, 0.5) is 0 Å². The molecule has 0 bridgehead atoms. The molecule has 0 aliphatic heterocycles. The maximum absolute atomic E-state index is 4.10. The Kier molecular flexibility index (Phi) is 6.06. The first kappa shape index (κ1) is 12.7. The summed E-state index contributed by atoms with van der Waals surface area (Å²) < 4.78 is 0. The molecule has 0 spiro atoms. The lowest BCUT2D eigenvalue weighted by Crippen LogP contribution is -2.27. The fraction of sp³-hybridized carbons (Fsp3) is 0.833. The highest BCUT2D eigenvalue weighted by Crippen LogP contribution is 2.12. The Bertz CT molecular complexity index is 147. The third-order valence-corrected chi connectivity index (χ3v) is 2.40. The normalized spacial score (nSPS) is 11.7. The number of hydrogen-bond donors (Lipinski definition) is 0. The lowest BCUT2D eigenvalue weighted by atomic mass is 10.0. The fourth-order valence-electron chi connectivity index (χ4n) is 1.27. The van der Waals surface area contributed by atoms with Crippen molar-refractivity contribution in [2.75, 3.05) is 13.6 Å². The Labute approximate surface area is 83.8 Å². The van der Waals surface area contributed by atoms with Gasteiger partial charge in [0, 0.05) is 12.6 Å². The highest BCUT2D eigenvalue weighted by Gasteiger charge is 2.04. The van der Waals surface area contributed by atoms with Crippen molar-refractivity contribution < 1.29 is 0 Å². The van der Waals surface area contributed by atoms with E-state index in [0.29, 0.717) is 6.04 Å². The molecule has 0 heterocycles. The molecule has 1 nitrogen and oxygen atoms in total. The molecule has 0 fully saturated rings. The average molecular weight is 183 g/mol. The summed E-state index contributed by atoms with van der Waals surface area (Å²) >= 11 is 0. The fourth-order valence-corrected chi connectivity index (χ4v) is 1.27. The first-order valence-electron chi connectivity index (χ1n) is 5.30. The van der Waals surface area contributed by atoms with Crippen molar-refractivity contribution in [1.29, 1.82) is 0 Å². The number of nitrogens with zero attached hydrogens (tertiary/aromatic N) is 1. The molecule has 0 aromatic rings. The van der Waals surface area contributed by atoms with Gasteiger partial charge in [-0.1, -0.05) is 26.0 Å². The smallest absolute Gasteiger partial charge is 0.00356 e. The van der Waals surface area contributed by atoms with Crippen molar-refractivity contribution >= 4 is 0 Å². The van der Waals surface area contributed by atoms with Crippen molar-refractivity contribution in [3.63, 3.8) is 0 Å². The third-order valence-electron chi connectivity index (χ3n) is 2.40. The van der Waals surface area contributed by atoms with E-state index in [1.54, 1.807) is 0 Å². The lowest BCUT2D eigenvalue weighted by molar-refractivity contribution is 0.276. The molecular formula is C12H25N. The predicted octanol–water partition coefficient (Wildman–Crippen LogP) is 3.32. The first-order valence-corrected chi connectivity index (χ1v) is 5.30. The first-order chi connectivity index (χ1) is 5.93. The molecule has 0 amide bonds. The minimum atomic E-state index is 0.645. The van der Waals surface area contributed by atoms with Crippen LogP contribution in [0.15, 0.2) is 12.2 Å². The average Bonchev–Trinajstić information content (AvgIpc) is 1.98. The molecule has 0 aromatic carbocycles. The Morgan fingerprint density at radius 3 is 2.15 bits per heavy atom. The summed E-state index contributed by atoms with van der Waals surface area (Å²) in [4.78, 5) is 2.37. The molecule has 78 valence electrons. The van der Waals surface area contributed by atoms with E-state index in [0.717, 1.165) is 18.9 Å². The Balaban J connectivity index is 3.58. The van der Waals surface area contributed by atoms with E-state index in [9.17, 15) is 0 Å². The van der Waals surface area contributed by atoms with Crippen molar-refractivity contribution in [3.8, 4) is 0 Å². The third kappa shape index (κ3) is 6.83. The van der Waals surface area contributed by atoms with Crippen LogP contribution in [-0.2, 0) is 0 Å². The van der Waals surface area contributed by atoms with Crippen LogP contribution in [-0.4, -0.2) is 24.5 Å². The zero-order valence-corrected chi connectivity index (χ0v) is 9.93. The predicted molar refractivity (Wildman–Crippen MR) is 61.0 cm³/mol. The second-order valence-electron chi connectivity index (χ2n) is 4.67. The minimum absolute atomic E-state index is 0.645. The van der Waals surface area contributed by atoms with Gasteiger partial charge in [0.1, 0.15) is 0 Å². The van der Waals surface area contributed by atoms with E-state index in [4.69, 9.17) is 0 Å². The van der Waals surface area contributed by atoms with Crippen LogP contribution in [0.1, 0.15) is 40.5 Å². The van der Waals surface area contributed by atoms with Crippen LogP contribution >= 0.6 is 0 Å². The second kappa shape index (κ2) is 6.20. The highest BCUT2D eigenvalue weighted by molar-refractivity contribution is 4.95. The van der Waals surface area contributed by atoms with Crippen molar-refractivity contribution in [2.24, 2.45) is 5.92 Å². The standard InChI is InChI=1S/C12H25N/c1-10(2)9-12(5)7-8-13(6)11(3)4/h10-11H,5,7-9H2,1-4,6H3. The summed E-state index contributed by atoms with van der Waals surface area (Å²) in [6.45, 7) is 14.2. The van der Waals surface area contributed by atoms with Gasteiger partial charge < -0.3 is 4.90 Å². The van der Waals surface area contributed by atoms with Crippen molar-refractivity contribution in [1.82, 2.24) is 4.90 Å². The van der Waals surface area contributed by atoms with Crippen LogP contribution in [0, 0.1) is 5.92 Å². The molecule has 1 heteroatoms. The highest BCUT2D eigenvalue weighted by atomic mass is 15.1. The number of hydrogen-bond acceptors (Lipinski definition) is 1. The summed E-state index contributed by atoms with van der Waals surface area (Å²) in [5.74, 6) is 0.747. The van der Waals surface area contributed by atoms with E-state index in [2.05, 4.69) is 46.2 Å².